The SMILES string of the molecule is NC(=S)Nc1cccc2ccccc12.O=C1CCN(Cc2ccccc2)CC1Br.PCN1CCc2sc(Nc3cccc4ccccc34)nc2C1. The van der Waals surface area contributed by atoms with Crippen molar-refractivity contribution in [2.45, 2.75) is 30.8 Å². The van der Waals surface area contributed by atoms with Gasteiger partial charge in [-0.2, -0.15) is 0 Å². The highest BCUT2D eigenvalue weighted by Gasteiger charge is 2.24. The first-order valence-electron chi connectivity index (χ1n) is 17.0. The number of carbonyl (C=O) groups is 1. The molecule has 2 aliphatic heterocycles. The van der Waals surface area contributed by atoms with Crippen LogP contribution in [0.15, 0.2) is 115 Å². The lowest BCUT2D eigenvalue weighted by atomic mass is 10.1. The smallest absolute Gasteiger partial charge is 0.187 e. The van der Waals surface area contributed by atoms with Crippen molar-refractivity contribution >= 4 is 97.7 Å². The number of likely N-dealkylation sites (tertiary alicyclic amines) is 1. The van der Waals surface area contributed by atoms with E-state index in [-0.39, 0.29) is 4.83 Å². The van der Waals surface area contributed by atoms with Gasteiger partial charge in [-0.15, -0.1) is 20.6 Å². The first kappa shape index (κ1) is 37.0. The lowest BCUT2D eigenvalue weighted by Gasteiger charge is -2.28. The maximum Gasteiger partial charge on any atom is 0.187 e. The molecule has 0 amide bonds. The molecule has 5 aromatic carbocycles. The third-order valence-corrected chi connectivity index (χ3v) is 11.3. The monoisotopic (exact) mass is 796 g/mol. The van der Waals surface area contributed by atoms with Gasteiger partial charge < -0.3 is 16.4 Å². The van der Waals surface area contributed by atoms with Gasteiger partial charge in [-0.3, -0.25) is 14.6 Å². The fraction of sp³-hybridized carbons (Fsp3) is 0.225. The summed E-state index contributed by atoms with van der Waals surface area (Å²) in [6.45, 7) is 4.75. The number of ketones is 1. The molecular formula is C40H42BrN6OPS2. The van der Waals surface area contributed by atoms with Crippen LogP contribution in [-0.2, 0) is 24.3 Å². The van der Waals surface area contributed by atoms with Crippen LogP contribution in [0.25, 0.3) is 21.5 Å². The van der Waals surface area contributed by atoms with E-state index in [4.69, 9.17) is 22.9 Å². The molecule has 2 aliphatic rings. The molecule has 1 fully saturated rings. The van der Waals surface area contributed by atoms with Gasteiger partial charge in [-0.1, -0.05) is 119 Å². The van der Waals surface area contributed by atoms with Crippen molar-refractivity contribution in [2.24, 2.45) is 5.73 Å². The summed E-state index contributed by atoms with van der Waals surface area (Å²) in [6.07, 6.45) is 2.80. The van der Waals surface area contributed by atoms with Crippen molar-refractivity contribution < 1.29 is 4.79 Å². The number of fused-ring (bicyclic) bond motifs is 3. The van der Waals surface area contributed by atoms with Gasteiger partial charge in [0.1, 0.15) is 5.78 Å². The molecule has 0 saturated carbocycles. The molecule has 11 heteroatoms. The number of benzene rings is 5. The van der Waals surface area contributed by atoms with E-state index in [1.165, 1.54) is 32.3 Å². The minimum absolute atomic E-state index is 0.0231. The van der Waals surface area contributed by atoms with Crippen molar-refractivity contribution in [2.75, 3.05) is 36.6 Å². The highest BCUT2D eigenvalue weighted by molar-refractivity contribution is 9.10. The number of thiocarbonyl (C=S) groups is 1. The molecule has 1 saturated heterocycles. The average molecular weight is 798 g/mol. The Morgan fingerprint density at radius 1 is 0.843 bits per heavy atom. The number of hydrogen-bond donors (Lipinski definition) is 3. The predicted octanol–water partition coefficient (Wildman–Crippen LogP) is 8.95. The quantitative estimate of drug-likeness (QED) is 0.0876. The third kappa shape index (κ3) is 10.2. The molecule has 6 aromatic rings. The number of nitrogens with two attached hydrogens (primary N) is 1. The lowest BCUT2D eigenvalue weighted by molar-refractivity contribution is -0.120. The van der Waals surface area contributed by atoms with E-state index < -0.39 is 0 Å². The molecule has 7 nitrogen and oxygen atoms in total. The Kier molecular flexibility index (Phi) is 13.2. The largest absolute Gasteiger partial charge is 0.376 e. The van der Waals surface area contributed by atoms with Crippen LogP contribution in [0.4, 0.5) is 16.5 Å². The molecule has 4 N–H and O–H groups in total. The van der Waals surface area contributed by atoms with Gasteiger partial charge in [0.25, 0.3) is 0 Å². The molecular weight excluding hydrogens is 755 g/mol. The molecule has 0 spiro atoms. The molecule has 0 radical (unpaired) electrons. The van der Waals surface area contributed by atoms with Crippen LogP contribution >= 0.6 is 48.7 Å². The number of thiazole rings is 1. The number of piperidine rings is 1. The third-order valence-electron chi connectivity index (χ3n) is 8.83. The Bertz CT molecular complexity index is 2080. The van der Waals surface area contributed by atoms with Crippen molar-refractivity contribution in [3.8, 4) is 0 Å². The minimum Gasteiger partial charge on any atom is -0.376 e. The first-order chi connectivity index (χ1) is 24.9. The Morgan fingerprint density at radius 3 is 2.12 bits per heavy atom. The van der Waals surface area contributed by atoms with Crippen molar-refractivity contribution in [3.63, 3.8) is 0 Å². The fourth-order valence-electron chi connectivity index (χ4n) is 6.21. The zero-order valence-corrected chi connectivity index (χ0v) is 32.7. The van der Waals surface area contributed by atoms with Gasteiger partial charge in [-0.05, 0) is 47.1 Å². The molecule has 51 heavy (non-hydrogen) atoms. The first-order valence-corrected chi connectivity index (χ1v) is 19.9. The Morgan fingerprint density at radius 2 is 1.45 bits per heavy atom. The van der Waals surface area contributed by atoms with Gasteiger partial charge in [0.05, 0.1) is 10.5 Å². The zero-order chi connectivity index (χ0) is 35.6. The van der Waals surface area contributed by atoms with E-state index in [2.05, 4.69) is 124 Å². The number of alkyl halides is 1. The zero-order valence-electron chi connectivity index (χ0n) is 28.3. The second-order valence-electron chi connectivity index (χ2n) is 12.4. The van der Waals surface area contributed by atoms with Gasteiger partial charge in [-0.25, -0.2) is 4.98 Å². The van der Waals surface area contributed by atoms with Gasteiger partial charge >= 0.3 is 0 Å². The number of hydrogen-bond acceptors (Lipinski definition) is 7. The highest BCUT2D eigenvalue weighted by atomic mass is 79.9. The summed E-state index contributed by atoms with van der Waals surface area (Å²) in [5.41, 5.74) is 10.1. The van der Waals surface area contributed by atoms with Gasteiger partial charge in [0.2, 0.25) is 0 Å². The summed E-state index contributed by atoms with van der Waals surface area (Å²) in [5.74, 6) is 0.333. The van der Waals surface area contributed by atoms with E-state index in [1.54, 1.807) is 11.3 Å². The number of nitrogens with zero attached hydrogens (tertiary/aromatic N) is 3. The summed E-state index contributed by atoms with van der Waals surface area (Å²) in [7, 11) is 2.80. The fourth-order valence-corrected chi connectivity index (χ4v) is 8.24. The number of carbonyl (C=O) groups excluding carboxylic acids is 1. The molecule has 0 aliphatic carbocycles. The summed E-state index contributed by atoms with van der Waals surface area (Å²) < 4.78 is 0. The topological polar surface area (TPSA) is 86.5 Å². The van der Waals surface area contributed by atoms with E-state index >= 15 is 0 Å². The molecule has 8 rings (SSSR count). The summed E-state index contributed by atoms with van der Waals surface area (Å²) in [5, 5.41) is 12.6. The van der Waals surface area contributed by atoms with Crippen LogP contribution < -0.4 is 16.4 Å². The second kappa shape index (κ2) is 18.1. The number of nitrogens with one attached hydrogen (secondary N) is 2. The van der Waals surface area contributed by atoms with Gasteiger partial charge in [0.15, 0.2) is 10.2 Å². The van der Waals surface area contributed by atoms with Crippen LogP contribution in [0.1, 0.15) is 22.6 Å². The van der Waals surface area contributed by atoms with Crippen LogP contribution in [0.2, 0.25) is 0 Å². The Hall–Kier alpha value is -3.76. The van der Waals surface area contributed by atoms with Crippen LogP contribution in [0, 0.1) is 0 Å². The number of Topliss-reactive ketones (excluding diaryl/α,β-unsaturated/α-hetero) is 1. The normalized spacial score (nSPS) is 16.0. The maximum atomic E-state index is 11.3. The number of aromatic nitrogens is 1. The van der Waals surface area contributed by atoms with Crippen LogP contribution in [0.5, 0.6) is 0 Å². The van der Waals surface area contributed by atoms with Crippen molar-refractivity contribution in [3.05, 3.63) is 131 Å². The number of halogens is 1. The lowest BCUT2D eigenvalue weighted by Crippen LogP contribution is -2.40. The van der Waals surface area contributed by atoms with Gasteiger partial charge in [0, 0.05) is 72.5 Å². The van der Waals surface area contributed by atoms with E-state index in [0.717, 1.165) is 67.3 Å². The molecule has 3 heterocycles. The number of anilines is 3. The Balaban J connectivity index is 0.000000137. The summed E-state index contributed by atoms with van der Waals surface area (Å²) >= 11 is 10.0. The highest BCUT2D eigenvalue weighted by Crippen LogP contribution is 2.32. The van der Waals surface area contributed by atoms with Crippen molar-refractivity contribution in [1.82, 2.24) is 14.8 Å². The standard InChI is InChI=1S/C17H18N3PS.C12H14BrNO.C11H10N2S/c21-11-20-9-8-16-15(10-20)19-17(22-16)18-14-7-3-5-12-4-1-2-6-13(12)14;13-11-9-14(7-6-12(11)15)8-10-4-2-1-3-5-10;12-11(14)13-10-7-3-5-8-4-1-2-6-9(8)10/h1-7H,8-11,21H2,(H,18,19);1-5,11H,6-9H2;1-7H,(H3,12,13,14). The van der Waals surface area contributed by atoms with Crippen molar-refractivity contribution in [1.29, 1.82) is 0 Å². The predicted molar refractivity (Wildman–Crippen MR) is 226 cm³/mol. The number of rotatable bonds is 6. The van der Waals surface area contributed by atoms with E-state index in [9.17, 15) is 4.79 Å². The summed E-state index contributed by atoms with van der Waals surface area (Å²) in [6, 6.07) is 39.3. The van der Waals surface area contributed by atoms with E-state index in [1.807, 2.05) is 36.4 Å². The van der Waals surface area contributed by atoms with Crippen LogP contribution in [0.3, 0.4) is 0 Å². The molecule has 1 aromatic heterocycles. The molecule has 262 valence electrons. The maximum absolute atomic E-state index is 11.3. The van der Waals surface area contributed by atoms with E-state index in [0.29, 0.717) is 17.3 Å². The average Bonchev–Trinajstić information content (AvgIpc) is 3.56. The Labute approximate surface area is 320 Å². The second-order valence-corrected chi connectivity index (χ2v) is 15.4. The molecule has 2 atom stereocenters. The molecule has 2 unspecified atom stereocenters. The minimum atomic E-state index is 0.0231. The molecule has 0 bridgehead atoms. The summed E-state index contributed by atoms with van der Waals surface area (Å²) in [4.78, 5) is 22.3. The van der Waals surface area contributed by atoms with Crippen LogP contribution in [-0.4, -0.2) is 56.4 Å².